The number of halogens is 1. The van der Waals surface area contributed by atoms with Gasteiger partial charge in [0.05, 0.1) is 5.69 Å². The van der Waals surface area contributed by atoms with Crippen molar-refractivity contribution in [2.45, 2.75) is 13.3 Å². The molecule has 0 unspecified atom stereocenters. The second kappa shape index (κ2) is 5.11. The number of carbonyl (C=O) groups excluding carboxylic acids is 1. The van der Waals surface area contributed by atoms with E-state index in [0.717, 1.165) is 23.1 Å². The Hall–Kier alpha value is -1.52. The molecule has 2 aromatic rings. The van der Waals surface area contributed by atoms with Gasteiger partial charge in [0.15, 0.2) is 0 Å². The molecule has 0 fully saturated rings. The molecule has 0 radical (unpaired) electrons. The Morgan fingerprint density at radius 1 is 1.45 bits per heavy atom. The number of nitrogens with two attached hydrogens (primary N) is 1. The lowest BCUT2D eigenvalue weighted by Gasteiger charge is -2.25. The molecule has 1 aliphatic heterocycles. The van der Waals surface area contributed by atoms with Crippen molar-refractivity contribution in [1.29, 1.82) is 0 Å². The summed E-state index contributed by atoms with van der Waals surface area (Å²) < 4.78 is 1.000. The number of amides is 1. The Kier molecular flexibility index (Phi) is 3.44. The number of benzene rings is 1. The van der Waals surface area contributed by atoms with Gasteiger partial charge in [0.2, 0.25) is 0 Å². The Morgan fingerprint density at radius 3 is 3.00 bits per heavy atom. The average Bonchev–Trinajstić information content (AvgIpc) is 2.75. The fourth-order valence-electron chi connectivity index (χ4n) is 2.48. The Bertz CT molecular complexity index is 720. The first-order valence-corrected chi connectivity index (χ1v) is 7.68. The minimum atomic E-state index is 0.0206. The minimum absolute atomic E-state index is 0.0206. The monoisotopic (exact) mass is 306 g/mol. The van der Waals surface area contributed by atoms with Crippen molar-refractivity contribution in [1.82, 2.24) is 4.90 Å². The van der Waals surface area contributed by atoms with Crippen LogP contribution in [0.4, 0.5) is 5.69 Å². The van der Waals surface area contributed by atoms with E-state index in [9.17, 15) is 4.79 Å². The largest absolute Gasteiger partial charge is 0.397 e. The third-order valence-corrected chi connectivity index (χ3v) is 4.91. The first-order valence-electron chi connectivity index (χ1n) is 6.48. The molecular formula is C15H15ClN2OS. The van der Waals surface area contributed by atoms with Crippen LogP contribution >= 0.6 is 22.9 Å². The first-order chi connectivity index (χ1) is 9.56. The van der Waals surface area contributed by atoms with Crippen LogP contribution in [0.15, 0.2) is 29.8 Å². The molecule has 1 aromatic carbocycles. The fraction of sp³-hybridized carbons (Fsp3) is 0.267. The van der Waals surface area contributed by atoms with E-state index in [-0.39, 0.29) is 5.91 Å². The van der Waals surface area contributed by atoms with Crippen molar-refractivity contribution >= 4 is 44.6 Å². The molecule has 0 saturated carbocycles. The van der Waals surface area contributed by atoms with E-state index in [1.165, 1.54) is 16.9 Å². The number of thiophene rings is 1. The van der Waals surface area contributed by atoms with Gasteiger partial charge in [0.1, 0.15) is 4.88 Å². The molecule has 20 heavy (non-hydrogen) atoms. The molecule has 104 valence electrons. The molecule has 3 nitrogen and oxygen atoms in total. The van der Waals surface area contributed by atoms with Gasteiger partial charge in [-0.2, -0.15) is 0 Å². The molecule has 2 heterocycles. The highest BCUT2D eigenvalue weighted by Crippen LogP contribution is 2.36. The maximum absolute atomic E-state index is 12.6. The highest BCUT2D eigenvalue weighted by Gasteiger charge is 2.23. The van der Waals surface area contributed by atoms with E-state index < -0.39 is 0 Å². The molecule has 1 aliphatic rings. The van der Waals surface area contributed by atoms with Gasteiger partial charge < -0.3 is 10.6 Å². The summed E-state index contributed by atoms with van der Waals surface area (Å²) in [5, 5.41) is 1.51. The topological polar surface area (TPSA) is 46.3 Å². The molecule has 3 rings (SSSR count). The van der Waals surface area contributed by atoms with Crippen molar-refractivity contribution in [2.75, 3.05) is 18.8 Å². The number of hydrogen-bond donors (Lipinski definition) is 1. The summed E-state index contributed by atoms with van der Waals surface area (Å²) in [5.41, 5.74) is 7.91. The normalized spacial score (nSPS) is 15.5. The van der Waals surface area contributed by atoms with Crippen molar-refractivity contribution in [3.05, 3.63) is 39.7 Å². The summed E-state index contributed by atoms with van der Waals surface area (Å²) in [7, 11) is 0. The zero-order valence-corrected chi connectivity index (χ0v) is 12.7. The summed E-state index contributed by atoms with van der Waals surface area (Å²) in [6.45, 7) is 3.49. The summed E-state index contributed by atoms with van der Waals surface area (Å²) in [4.78, 5) is 15.1. The number of nitrogen functional groups attached to an aromatic ring is 1. The lowest BCUT2D eigenvalue weighted by Crippen LogP contribution is -2.35. The molecular weight excluding hydrogens is 292 g/mol. The van der Waals surface area contributed by atoms with Gasteiger partial charge in [-0.25, -0.2) is 0 Å². The lowest BCUT2D eigenvalue weighted by molar-refractivity contribution is 0.0772. The van der Waals surface area contributed by atoms with Crippen LogP contribution in [0.1, 0.15) is 23.0 Å². The summed E-state index contributed by atoms with van der Waals surface area (Å²) >= 11 is 7.43. The number of anilines is 1. The van der Waals surface area contributed by atoms with Crippen LogP contribution in [0.2, 0.25) is 5.02 Å². The van der Waals surface area contributed by atoms with Gasteiger partial charge in [-0.3, -0.25) is 4.79 Å². The average molecular weight is 307 g/mol. The maximum atomic E-state index is 12.6. The molecule has 0 atom stereocenters. The van der Waals surface area contributed by atoms with Crippen molar-refractivity contribution < 1.29 is 4.79 Å². The molecule has 1 amide bonds. The summed E-state index contributed by atoms with van der Waals surface area (Å²) in [5.74, 6) is 0.0206. The number of fused-ring (bicyclic) bond motifs is 1. The Morgan fingerprint density at radius 2 is 2.25 bits per heavy atom. The first kappa shape index (κ1) is 13.5. The lowest BCUT2D eigenvalue weighted by atomic mass is 10.1. The second-order valence-electron chi connectivity index (χ2n) is 5.05. The predicted molar refractivity (Wildman–Crippen MR) is 85.5 cm³/mol. The molecule has 0 aliphatic carbocycles. The highest BCUT2D eigenvalue weighted by molar-refractivity contribution is 7.21. The molecule has 2 N–H and O–H groups in total. The quantitative estimate of drug-likeness (QED) is 0.811. The van der Waals surface area contributed by atoms with Crippen molar-refractivity contribution in [3.8, 4) is 0 Å². The van der Waals surface area contributed by atoms with Crippen LogP contribution in [0, 0.1) is 0 Å². The second-order valence-corrected chi connectivity index (χ2v) is 6.54. The van der Waals surface area contributed by atoms with Crippen LogP contribution in [0.5, 0.6) is 0 Å². The van der Waals surface area contributed by atoms with Crippen molar-refractivity contribution in [2.24, 2.45) is 0 Å². The summed E-state index contributed by atoms with van der Waals surface area (Å²) in [6.07, 6.45) is 3.09. The third kappa shape index (κ3) is 2.30. The summed E-state index contributed by atoms with van der Waals surface area (Å²) in [6, 6.07) is 5.56. The molecule has 0 bridgehead atoms. The van der Waals surface area contributed by atoms with Gasteiger partial charge >= 0.3 is 0 Å². The predicted octanol–water partition coefficient (Wildman–Crippen LogP) is 3.93. The van der Waals surface area contributed by atoms with Crippen LogP contribution in [0.25, 0.3) is 10.1 Å². The van der Waals surface area contributed by atoms with Gasteiger partial charge in [-0.15, -0.1) is 11.3 Å². The molecule has 0 saturated heterocycles. The fourth-order valence-corrected chi connectivity index (χ4v) is 3.72. The van der Waals surface area contributed by atoms with Crippen LogP contribution in [-0.2, 0) is 0 Å². The highest BCUT2D eigenvalue weighted by atomic mass is 35.5. The zero-order chi connectivity index (χ0) is 14.3. The van der Waals surface area contributed by atoms with Gasteiger partial charge in [-0.1, -0.05) is 23.3 Å². The molecule has 0 spiro atoms. The van der Waals surface area contributed by atoms with Gasteiger partial charge in [0, 0.05) is 28.2 Å². The molecule has 5 heteroatoms. The number of nitrogens with zero attached hydrogens (tertiary/aromatic N) is 1. The van der Waals surface area contributed by atoms with E-state index in [4.69, 9.17) is 17.3 Å². The zero-order valence-electron chi connectivity index (χ0n) is 11.1. The number of rotatable bonds is 1. The van der Waals surface area contributed by atoms with Gasteiger partial charge in [-0.05, 0) is 31.5 Å². The van der Waals surface area contributed by atoms with Gasteiger partial charge in [0.25, 0.3) is 5.91 Å². The smallest absolute Gasteiger partial charge is 0.266 e. The van der Waals surface area contributed by atoms with E-state index >= 15 is 0 Å². The van der Waals surface area contributed by atoms with Crippen LogP contribution < -0.4 is 5.73 Å². The van der Waals surface area contributed by atoms with E-state index in [1.807, 2.05) is 30.0 Å². The van der Waals surface area contributed by atoms with E-state index in [2.05, 4.69) is 6.08 Å². The standard InChI is InChI=1S/C15H15ClN2OS/c1-9-3-2-6-18(8-9)15(19)14-13(17)11-7-10(16)4-5-12(11)20-14/h3-5,7H,2,6,8,17H2,1H3. The van der Waals surface area contributed by atoms with Crippen LogP contribution in [0.3, 0.4) is 0 Å². The van der Waals surface area contributed by atoms with E-state index in [1.54, 1.807) is 0 Å². The molecule has 1 aromatic heterocycles. The Labute approximate surface area is 126 Å². The maximum Gasteiger partial charge on any atom is 0.266 e. The Balaban J connectivity index is 2.00. The van der Waals surface area contributed by atoms with E-state index in [0.29, 0.717) is 22.1 Å². The minimum Gasteiger partial charge on any atom is -0.397 e. The SMILES string of the molecule is CC1=CCCN(C(=O)c2sc3ccc(Cl)cc3c2N)C1. The number of carbonyl (C=O) groups is 1. The van der Waals surface area contributed by atoms with Crippen LogP contribution in [-0.4, -0.2) is 23.9 Å². The number of hydrogen-bond acceptors (Lipinski definition) is 3. The third-order valence-electron chi connectivity index (χ3n) is 3.50. The van der Waals surface area contributed by atoms with Crippen molar-refractivity contribution in [3.63, 3.8) is 0 Å².